The van der Waals surface area contributed by atoms with E-state index < -0.39 is 6.09 Å². The maximum atomic E-state index is 12.1. The molecule has 1 aliphatic heterocycles. The topological polar surface area (TPSA) is 86.3 Å². The molecule has 0 bridgehead atoms. The Morgan fingerprint density at radius 3 is 3.05 bits per heavy atom. The van der Waals surface area contributed by atoms with Crippen LogP contribution in [0.3, 0.4) is 0 Å². The Hall–Kier alpha value is -1.41. The largest absolute Gasteiger partial charge is 0.465 e. The molecule has 6 nitrogen and oxygen atoms in total. The van der Waals surface area contributed by atoms with Gasteiger partial charge in [0.25, 0.3) is 5.56 Å². The van der Waals surface area contributed by atoms with Crippen LogP contribution >= 0.6 is 27.3 Å². The SMILES string of the molecule is O=C(O)N1CCCCC[C@@H]1c1nc2cc(Br)sc2c(=O)[nH]1. The highest BCUT2D eigenvalue weighted by molar-refractivity contribution is 9.11. The Morgan fingerprint density at radius 2 is 2.29 bits per heavy atom. The summed E-state index contributed by atoms with van der Waals surface area (Å²) in [6, 6.07) is 1.42. The van der Waals surface area contributed by atoms with Crippen molar-refractivity contribution in [2.75, 3.05) is 6.54 Å². The summed E-state index contributed by atoms with van der Waals surface area (Å²) in [6.45, 7) is 0.481. The highest BCUT2D eigenvalue weighted by atomic mass is 79.9. The monoisotopic (exact) mass is 371 g/mol. The number of thiophene rings is 1. The van der Waals surface area contributed by atoms with E-state index >= 15 is 0 Å². The van der Waals surface area contributed by atoms with Gasteiger partial charge in [0.05, 0.1) is 15.3 Å². The zero-order valence-corrected chi connectivity index (χ0v) is 13.5. The molecule has 3 heterocycles. The third-order valence-corrected chi connectivity index (χ3v) is 5.31. The normalized spacial score (nSPS) is 19.7. The summed E-state index contributed by atoms with van der Waals surface area (Å²) in [7, 11) is 0. The fraction of sp³-hybridized carbons (Fsp3) is 0.462. The van der Waals surface area contributed by atoms with Crippen molar-refractivity contribution in [1.82, 2.24) is 14.9 Å². The van der Waals surface area contributed by atoms with Crippen LogP contribution in [0.2, 0.25) is 0 Å². The molecule has 21 heavy (non-hydrogen) atoms. The number of aromatic nitrogens is 2. The number of likely N-dealkylation sites (tertiary alicyclic amines) is 1. The Balaban J connectivity index is 2.08. The lowest BCUT2D eigenvalue weighted by Crippen LogP contribution is -2.35. The first kappa shape index (κ1) is 14.5. The van der Waals surface area contributed by atoms with Crippen LogP contribution in [-0.2, 0) is 0 Å². The number of halogens is 1. The van der Waals surface area contributed by atoms with Gasteiger partial charge in [-0.2, -0.15) is 0 Å². The molecule has 2 N–H and O–H groups in total. The molecule has 1 amide bonds. The van der Waals surface area contributed by atoms with Gasteiger partial charge in [0.1, 0.15) is 10.5 Å². The maximum Gasteiger partial charge on any atom is 0.407 e. The first-order valence-corrected chi connectivity index (χ1v) is 8.36. The van der Waals surface area contributed by atoms with Gasteiger partial charge in [-0.15, -0.1) is 11.3 Å². The van der Waals surface area contributed by atoms with E-state index in [1.165, 1.54) is 16.2 Å². The van der Waals surface area contributed by atoms with Gasteiger partial charge in [-0.25, -0.2) is 9.78 Å². The summed E-state index contributed by atoms with van der Waals surface area (Å²) in [6.07, 6.45) is 2.50. The zero-order valence-electron chi connectivity index (χ0n) is 11.1. The number of rotatable bonds is 1. The lowest BCUT2D eigenvalue weighted by Gasteiger charge is -2.26. The molecule has 2 aromatic rings. The van der Waals surface area contributed by atoms with E-state index in [1.807, 2.05) is 0 Å². The number of nitrogens with zero attached hydrogens (tertiary/aromatic N) is 2. The average molecular weight is 372 g/mol. The molecular weight excluding hydrogens is 358 g/mol. The number of H-pyrrole nitrogens is 1. The number of nitrogens with one attached hydrogen (secondary N) is 1. The van der Waals surface area contributed by atoms with Crippen LogP contribution in [-0.4, -0.2) is 32.6 Å². The minimum Gasteiger partial charge on any atom is -0.465 e. The highest BCUT2D eigenvalue weighted by Gasteiger charge is 2.28. The molecule has 3 rings (SSSR count). The van der Waals surface area contributed by atoms with Crippen LogP contribution in [0.5, 0.6) is 0 Å². The quantitative estimate of drug-likeness (QED) is 0.804. The number of carboxylic acid groups (broad SMARTS) is 1. The number of carbonyl (C=O) groups is 1. The number of amides is 1. The molecule has 0 spiro atoms. The lowest BCUT2D eigenvalue weighted by molar-refractivity contribution is 0.123. The van der Waals surface area contributed by atoms with E-state index in [0.29, 0.717) is 29.0 Å². The first-order chi connectivity index (χ1) is 10.1. The predicted octanol–water partition coefficient (Wildman–Crippen LogP) is 3.34. The summed E-state index contributed by atoms with van der Waals surface area (Å²) in [5, 5.41) is 9.38. The molecule has 0 radical (unpaired) electrons. The van der Waals surface area contributed by atoms with E-state index in [9.17, 15) is 14.7 Å². The Kier molecular flexibility index (Phi) is 3.99. The van der Waals surface area contributed by atoms with Crippen LogP contribution in [0.15, 0.2) is 14.6 Å². The van der Waals surface area contributed by atoms with Gasteiger partial charge in [0.15, 0.2) is 0 Å². The predicted molar refractivity (Wildman–Crippen MR) is 83.9 cm³/mol. The molecular formula is C13H14BrN3O3S. The number of hydrogen-bond acceptors (Lipinski definition) is 4. The van der Waals surface area contributed by atoms with E-state index in [-0.39, 0.29) is 11.6 Å². The van der Waals surface area contributed by atoms with E-state index in [0.717, 1.165) is 23.0 Å². The van der Waals surface area contributed by atoms with Crippen LogP contribution in [0.25, 0.3) is 10.2 Å². The van der Waals surface area contributed by atoms with E-state index in [2.05, 4.69) is 25.9 Å². The third-order valence-electron chi connectivity index (χ3n) is 3.69. The highest BCUT2D eigenvalue weighted by Crippen LogP contribution is 2.30. The summed E-state index contributed by atoms with van der Waals surface area (Å²) in [4.78, 5) is 32.2. The number of hydrogen-bond donors (Lipinski definition) is 2. The molecule has 2 aromatic heterocycles. The molecule has 8 heteroatoms. The Bertz CT molecular complexity index is 742. The second-order valence-electron chi connectivity index (χ2n) is 5.06. The third kappa shape index (κ3) is 2.82. The van der Waals surface area contributed by atoms with Crippen LogP contribution < -0.4 is 5.56 Å². The van der Waals surface area contributed by atoms with Crippen molar-refractivity contribution in [2.24, 2.45) is 0 Å². The molecule has 1 saturated heterocycles. The van der Waals surface area contributed by atoms with Gasteiger partial charge in [-0.1, -0.05) is 12.8 Å². The average Bonchev–Trinajstić information content (AvgIpc) is 2.66. The fourth-order valence-electron chi connectivity index (χ4n) is 2.71. The standard InChI is InChI=1S/C13H14BrN3O3S/c14-9-6-7-10(21-9)12(18)16-11(15-7)8-4-2-1-3-5-17(8)13(19)20/h6,8H,1-5H2,(H,19,20)(H,15,16,18)/t8-/m1/s1. The summed E-state index contributed by atoms with van der Waals surface area (Å²) in [5.74, 6) is 0.446. The summed E-state index contributed by atoms with van der Waals surface area (Å²) < 4.78 is 1.39. The van der Waals surface area contributed by atoms with Gasteiger partial charge in [-0.3, -0.25) is 9.69 Å². The van der Waals surface area contributed by atoms with Crippen LogP contribution in [0.1, 0.15) is 37.5 Å². The molecule has 1 atom stereocenters. The smallest absolute Gasteiger partial charge is 0.407 e. The minimum atomic E-state index is -0.962. The molecule has 0 aliphatic carbocycles. The van der Waals surface area contributed by atoms with Gasteiger partial charge >= 0.3 is 6.09 Å². The van der Waals surface area contributed by atoms with Gasteiger partial charge in [-0.05, 0) is 34.8 Å². The summed E-state index contributed by atoms with van der Waals surface area (Å²) in [5.41, 5.74) is 0.403. The Labute approximate surface area is 132 Å². The molecule has 1 fully saturated rings. The van der Waals surface area contributed by atoms with Crippen molar-refractivity contribution < 1.29 is 9.90 Å². The van der Waals surface area contributed by atoms with Crippen LogP contribution in [0, 0.1) is 0 Å². The summed E-state index contributed by atoms with van der Waals surface area (Å²) >= 11 is 4.67. The molecule has 0 unspecified atom stereocenters. The van der Waals surface area contributed by atoms with Crippen molar-refractivity contribution in [1.29, 1.82) is 0 Å². The molecule has 0 saturated carbocycles. The van der Waals surface area contributed by atoms with Gasteiger partial charge < -0.3 is 10.1 Å². The Morgan fingerprint density at radius 1 is 1.48 bits per heavy atom. The molecule has 112 valence electrons. The maximum absolute atomic E-state index is 12.1. The van der Waals surface area contributed by atoms with E-state index in [1.54, 1.807) is 6.07 Å². The number of fused-ring (bicyclic) bond motifs is 1. The molecule has 1 aliphatic rings. The van der Waals surface area contributed by atoms with Crippen molar-refractivity contribution in [3.05, 3.63) is 26.0 Å². The van der Waals surface area contributed by atoms with Crippen LogP contribution in [0.4, 0.5) is 4.79 Å². The van der Waals surface area contributed by atoms with Gasteiger partial charge in [0, 0.05) is 6.54 Å². The molecule has 0 aromatic carbocycles. The van der Waals surface area contributed by atoms with Crippen molar-refractivity contribution >= 4 is 43.6 Å². The van der Waals surface area contributed by atoms with Crippen molar-refractivity contribution in [3.63, 3.8) is 0 Å². The van der Waals surface area contributed by atoms with Crippen molar-refractivity contribution in [2.45, 2.75) is 31.7 Å². The van der Waals surface area contributed by atoms with E-state index in [4.69, 9.17) is 0 Å². The zero-order chi connectivity index (χ0) is 15.0. The number of aromatic amines is 1. The van der Waals surface area contributed by atoms with Gasteiger partial charge in [0.2, 0.25) is 0 Å². The minimum absolute atomic E-state index is 0.208. The lowest BCUT2D eigenvalue weighted by atomic mass is 10.1. The first-order valence-electron chi connectivity index (χ1n) is 6.75. The van der Waals surface area contributed by atoms with Crippen molar-refractivity contribution in [3.8, 4) is 0 Å². The fourth-order valence-corrected chi connectivity index (χ4v) is 4.13. The second kappa shape index (κ2) is 5.76. The second-order valence-corrected chi connectivity index (χ2v) is 7.49.